The summed E-state index contributed by atoms with van der Waals surface area (Å²) in [5.41, 5.74) is 0.540. The molecular weight excluding hydrogens is 236 g/mol. The maximum atomic E-state index is 11.1. The van der Waals surface area contributed by atoms with Crippen molar-refractivity contribution in [3.63, 3.8) is 0 Å². The third-order valence-corrected chi connectivity index (χ3v) is 3.31. The average molecular weight is 258 g/mol. The molecule has 0 fully saturated rings. The number of rotatable bonds is 8. The molecule has 4 nitrogen and oxygen atoms in total. The van der Waals surface area contributed by atoms with Crippen LogP contribution < -0.4 is 5.32 Å². The Morgan fingerprint density at radius 2 is 1.94 bits per heavy atom. The van der Waals surface area contributed by atoms with E-state index in [1.54, 1.807) is 37.6 Å². The second-order valence-electron chi connectivity index (χ2n) is 3.94. The van der Waals surface area contributed by atoms with Gasteiger partial charge in [0.25, 0.3) is 0 Å². The van der Waals surface area contributed by atoms with Gasteiger partial charge in [0.2, 0.25) is 11.8 Å². The molecule has 0 aromatic heterocycles. The van der Waals surface area contributed by atoms with Crippen LogP contribution in [0.1, 0.15) is 20.3 Å². The number of amides is 2. The van der Waals surface area contributed by atoms with Crippen molar-refractivity contribution in [3.05, 3.63) is 12.2 Å². The zero-order valence-corrected chi connectivity index (χ0v) is 11.7. The van der Waals surface area contributed by atoms with Crippen LogP contribution in [0.15, 0.2) is 12.2 Å². The number of nitrogens with one attached hydrogen (secondary N) is 1. The van der Waals surface area contributed by atoms with Gasteiger partial charge in [0, 0.05) is 38.4 Å². The molecule has 0 radical (unpaired) electrons. The van der Waals surface area contributed by atoms with E-state index < -0.39 is 0 Å². The minimum absolute atomic E-state index is 0.0816. The first-order valence-electron chi connectivity index (χ1n) is 5.68. The Labute approximate surface area is 108 Å². The Bertz CT molecular complexity index is 280. The smallest absolute Gasteiger partial charge is 0.246 e. The third-order valence-electron chi connectivity index (χ3n) is 2.24. The molecule has 98 valence electrons. The van der Waals surface area contributed by atoms with Crippen molar-refractivity contribution in [2.75, 3.05) is 31.6 Å². The molecule has 0 unspecified atom stereocenters. The summed E-state index contributed by atoms with van der Waals surface area (Å²) >= 11 is 1.78. The van der Waals surface area contributed by atoms with Gasteiger partial charge in [-0.05, 0) is 19.1 Å². The second kappa shape index (κ2) is 9.10. The number of thioether (sulfide) groups is 1. The lowest BCUT2D eigenvalue weighted by Crippen LogP contribution is -2.26. The highest BCUT2D eigenvalue weighted by molar-refractivity contribution is 7.99. The monoisotopic (exact) mass is 258 g/mol. The second-order valence-corrected chi connectivity index (χ2v) is 5.17. The number of nitrogens with zero attached hydrogens (tertiary/aromatic N) is 1. The molecule has 0 aromatic rings. The Morgan fingerprint density at radius 3 is 2.47 bits per heavy atom. The standard InChI is InChI=1S/C12H22N2O2S/c1-10(2)12(16)13-6-9-17-8-5-7-14(4)11(3)15/h1,5-9H2,2-4H3,(H,13,16). The first-order chi connectivity index (χ1) is 7.95. The topological polar surface area (TPSA) is 49.4 Å². The molecule has 0 atom stereocenters. The van der Waals surface area contributed by atoms with Gasteiger partial charge in [0.1, 0.15) is 0 Å². The zero-order valence-electron chi connectivity index (χ0n) is 10.9. The maximum Gasteiger partial charge on any atom is 0.246 e. The quantitative estimate of drug-likeness (QED) is 0.527. The number of carbonyl (C=O) groups is 2. The van der Waals surface area contributed by atoms with Gasteiger partial charge in [-0.3, -0.25) is 9.59 Å². The van der Waals surface area contributed by atoms with Crippen molar-refractivity contribution in [1.29, 1.82) is 0 Å². The predicted molar refractivity (Wildman–Crippen MR) is 73.1 cm³/mol. The van der Waals surface area contributed by atoms with Crippen LogP contribution >= 0.6 is 11.8 Å². The fourth-order valence-electron chi connectivity index (χ4n) is 1.05. The maximum absolute atomic E-state index is 11.1. The summed E-state index contributed by atoms with van der Waals surface area (Å²) in [6.45, 7) is 8.28. The Morgan fingerprint density at radius 1 is 1.29 bits per heavy atom. The Balaban J connectivity index is 3.33. The van der Waals surface area contributed by atoms with Crippen molar-refractivity contribution in [3.8, 4) is 0 Å². The summed E-state index contributed by atoms with van der Waals surface area (Å²) in [6.07, 6.45) is 0.981. The Kier molecular flexibility index (Phi) is 8.58. The molecule has 0 rings (SSSR count). The van der Waals surface area contributed by atoms with E-state index in [0.29, 0.717) is 12.1 Å². The van der Waals surface area contributed by atoms with E-state index in [4.69, 9.17) is 0 Å². The van der Waals surface area contributed by atoms with Crippen LogP contribution in [-0.4, -0.2) is 48.4 Å². The minimum atomic E-state index is -0.0816. The van der Waals surface area contributed by atoms with Gasteiger partial charge in [-0.1, -0.05) is 6.58 Å². The van der Waals surface area contributed by atoms with Gasteiger partial charge in [-0.15, -0.1) is 0 Å². The fraction of sp³-hybridized carbons (Fsp3) is 0.667. The molecule has 0 aliphatic rings. The van der Waals surface area contributed by atoms with Gasteiger partial charge >= 0.3 is 0 Å². The van der Waals surface area contributed by atoms with Crippen LogP contribution in [0.4, 0.5) is 0 Å². The average Bonchev–Trinajstić information content (AvgIpc) is 2.26. The van der Waals surface area contributed by atoms with Crippen LogP contribution in [-0.2, 0) is 9.59 Å². The molecule has 0 bridgehead atoms. The molecule has 0 aliphatic heterocycles. The summed E-state index contributed by atoms with van der Waals surface area (Å²) < 4.78 is 0. The van der Waals surface area contributed by atoms with Crippen molar-refractivity contribution in [2.45, 2.75) is 20.3 Å². The van der Waals surface area contributed by atoms with E-state index in [9.17, 15) is 9.59 Å². The molecule has 0 aliphatic carbocycles. The highest BCUT2D eigenvalue weighted by Crippen LogP contribution is 2.02. The van der Waals surface area contributed by atoms with Crippen LogP contribution in [0.2, 0.25) is 0 Å². The first kappa shape index (κ1) is 16.0. The highest BCUT2D eigenvalue weighted by Gasteiger charge is 2.01. The summed E-state index contributed by atoms with van der Waals surface area (Å²) in [6, 6.07) is 0. The number of hydrogen-bond acceptors (Lipinski definition) is 3. The predicted octanol–water partition coefficient (Wildman–Crippen LogP) is 1.28. The molecule has 0 heterocycles. The summed E-state index contributed by atoms with van der Waals surface area (Å²) in [7, 11) is 1.81. The zero-order chi connectivity index (χ0) is 13.3. The van der Waals surface area contributed by atoms with E-state index >= 15 is 0 Å². The van der Waals surface area contributed by atoms with E-state index in [-0.39, 0.29) is 11.8 Å². The lowest BCUT2D eigenvalue weighted by atomic mass is 10.3. The van der Waals surface area contributed by atoms with Gasteiger partial charge in [0.15, 0.2) is 0 Å². The third kappa shape index (κ3) is 8.80. The molecule has 0 aromatic carbocycles. The molecule has 0 spiro atoms. The highest BCUT2D eigenvalue weighted by atomic mass is 32.2. The Hall–Kier alpha value is -0.970. The fourth-order valence-corrected chi connectivity index (χ4v) is 1.83. The van der Waals surface area contributed by atoms with E-state index in [2.05, 4.69) is 11.9 Å². The van der Waals surface area contributed by atoms with E-state index in [1.165, 1.54) is 0 Å². The van der Waals surface area contributed by atoms with Gasteiger partial charge < -0.3 is 10.2 Å². The summed E-state index contributed by atoms with van der Waals surface area (Å²) in [4.78, 5) is 23.8. The van der Waals surface area contributed by atoms with E-state index in [0.717, 1.165) is 24.5 Å². The first-order valence-corrected chi connectivity index (χ1v) is 6.83. The molecule has 2 amide bonds. The summed E-state index contributed by atoms with van der Waals surface area (Å²) in [5, 5.41) is 2.78. The molecule has 17 heavy (non-hydrogen) atoms. The van der Waals surface area contributed by atoms with Gasteiger partial charge in [-0.25, -0.2) is 0 Å². The number of carbonyl (C=O) groups excluding carboxylic acids is 2. The van der Waals surface area contributed by atoms with Gasteiger partial charge in [-0.2, -0.15) is 11.8 Å². The van der Waals surface area contributed by atoms with Crippen LogP contribution in [0, 0.1) is 0 Å². The molecule has 1 N–H and O–H groups in total. The molecule has 0 saturated carbocycles. The van der Waals surface area contributed by atoms with Crippen molar-refractivity contribution in [1.82, 2.24) is 10.2 Å². The van der Waals surface area contributed by atoms with Crippen molar-refractivity contribution < 1.29 is 9.59 Å². The van der Waals surface area contributed by atoms with Crippen molar-refractivity contribution in [2.24, 2.45) is 0 Å². The molecular formula is C12H22N2O2S. The van der Waals surface area contributed by atoms with Gasteiger partial charge in [0.05, 0.1) is 0 Å². The normalized spacial score (nSPS) is 9.82. The van der Waals surface area contributed by atoms with Crippen molar-refractivity contribution >= 4 is 23.6 Å². The molecule has 5 heteroatoms. The number of hydrogen-bond donors (Lipinski definition) is 1. The largest absolute Gasteiger partial charge is 0.352 e. The van der Waals surface area contributed by atoms with Crippen LogP contribution in [0.25, 0.3) is 0 Å². The minimum Gasteiger partial charge on any atom is -0.352 e. The summed E-state index contributed by atoms with van der Waals surface area (Å²) in [5.74, 6) is 1.91. The molecule has 0 saturated heterocycles. The van der Waals surface area contributed by atoms with Crippen LogP contribution in [0.3, 0.4) is 0 Å². The van der Waals surface area contributed by atoms with E-state index in [1.807, 2.05) is 0 Å². The lowest BCUT2D eigenvalue weighted by Gasteiger charge is -2.13. The van der Waals surface area contributed by atoms with Crippen LogP contribution in [0.5, 0.6) is 0 Å². The lowest BCUT2D eigenvalue weighted by molar-refractivity contribution is -0.127. The SMILES string of the molecule is C=C(C)C(=O)NCCSCCCN(C)C(C)=O.